The monoisotopic (exact) mass is 273 g/mol. The van der Waals surface area contributed by atoms with Crippen LogP contribution in [0.1, 0.15) is 5.56 Å². The van der Waals surface area contributed by atoms with Crippen molar-refractivity contribution in [2.75, 3.05) is 6.61 Å². The van der Waals surface area contributed by atoms with E-state index in [0.29, 0.717) is 12.3 Å². The van der Waals surface area contributed by atoms with Gasteiger partial charge in [-0.1, -0.05) is 19.6 Å². The molecule has 0 saturated carbocycles. The zero-order chi connectivity index (χ0) is 13.9. The van der Waals surface area contributed by atoms with Crippen molar-refractivity contribution in [3.05, 3.63) is 30.0 Å². The molecule has 4 nitrogen and oxygen atoms in total. The summed E-state index contributed by atoms with van der Waals surface area (Å²) in [6.45, 7) is 8.22. The largest absolute Gasteiger partial charge is 0.360 e. The highest BCUT2D eigenvalue weighted by Crippen LogP contribution is 2.15. The molecule has 0 radical (unpaired) electrons. The predicted octanol–water partition coefficient (Wildman–Crippen LogP) is 3.22. The summed E-state index contributed by atoms with van der Waals surface area (Å²) in [5.74, 6) is 0. The van der Waals surface area contributed by atoms with Crippen molar-refractivity contribution in [3.63, 3.8) is 0 Å². The van der Waals surface area contributed by atoms with Crippen molar-refractivity contribution < 1.29 is 4.74 Å². The summed E-state index contributed by atoms with van der Waals surface area (Å²) < 4.78 is 7.49. The number of nitriles is 1. The highest BCUT2D eigenvalue weighted by Gasteiger charge is 2.12. The lowest BCUT2D eigenvalue weighted by Crippen LogP contribution is -2.22. The van der Waals surface area contributed by atoms with Crippen molar-refractivity contribution in [2.45, 2.75) is 32.4 Å². The Hall–Kier alpha value is -1.64. The average molecular weight is 273 g/mol. The van der Waals surface area contributed by atoms with E-state index < -0.39 is 8.07 Å². The second-order valence-electron chi connectivity index (χ2n) is 5.88. The summed E-state index contributed by atoms with van der Waals surface area (Å²) >= 11 is 0. The topological polar surface area (TPSA) is 50.8 Å². The Morgan fingerprint density at radius 1 is 1.37 bits per heavy atom. The summed E-state index contributed by atoms with van der Waals surface area (Å²) in [7, 11) is -1.05. The van der Waals surface area contributed by atoms with E-state index in [2.05, 4.69) is 30.8 Å². The summed E-state index contributed by atoms with van der Waals surface area (Å²) in [5.41, 5.74) is 1.60. The van der Waals surface area contributed by atoms with Gasteiger partial charge in [0.25, 0.3) is 0 Å². The first-order chi connectivity index (χ1) is 8.99. The molecule has 2 aromatic rings. The third kappa shape index (κ3) is 3.66. The quantitative estimate of drug-likeness (QED) is 0.621. The zero-order valence-electron chi connectivity index (χ0n) is 11.7. The van der Waals surface area contributed by atoms with Crippen LogP contribution in [0.25, 0.3) is 10.9 Å². The van der Waals surface area contributed by atoms with Gasteiger partial charge in [-0.05, 0) is 24.2 Å². The Kier molecular flexibility index (Phi) is 4.03. The molecule has 0 N–H and O–H groups in total. The summed E-state index contributed by atoms with van der Waals surface area (Å²) in [6.07, 6.45) is 1.80. The number of hydrogen-bond acceptors (Lipinski definition) is 3. The molecule has 0 bridgehead atoms. The lowest BCUT2D eigenvalue weighted by Gasteiger charge is -2.15. The minimum atomic E-state index is -1.05. The molecule has 5 heteroatoms. The number of benzene rings is 1. The Bertz CT molecular complexity index is 607. The van der Waals surface area contributed by atoms with Crippen LogP contribution in [0.3, 0.4) is 0 Å². The number of fused-ring (bicyclic) bond motifs is 1. The van der Waals surface area contributed by atoms with Crippen LogP contribution in [0.2, 0.25) is 25.7 Å². The Balaban J connectivity index is 2.03. The van der Waals surface area contributed by atoms with Crippen LogP contribution < -0.4 is 0 Å². The SMILES string of the molecule is C[Si](C)(C)CCOCn1ncc2ccc(C#N)cc21. The van der Waals surface area contributed by atoms with E-state index in [1.54, 1.807) is 16.9 Å². The van der Waals surface area contributed by atoms with E-state index in [9.17, 15) is 0 Å². The van der Waals surface area contributed by atoms with Gasteiger partial charge >= 0.3 is 0 Å². The van der Waals surface area contributed by atoms with Crippen LogP contribution in [0, 0.1) is 11.3 Å². The molecule has 100 valence electrons. The number of aromatic nitrogens is 2. The maximum absolute atomic E-state index is 8.92. The third-order valence-corrected chi connectivity index (χ3v) is 4.69. The van der Waals surface area contributed by atoms with Gasteiger partial charge in [-0.3, -0.25) is 0 Å². The summed E-state index contributed by atoms with van der Waals surface area (Å²) in [5, 5.41) is 14.3. The Labute approximate surface area is 114 Å². The fourth-order valence-corrected chi connectivity index (χ4v) is 2.53. The van der Waals surface area contributed by atoms with Crippen molar-refractivity contribution in [3.8, 4) is 6.07 Å². The van der Waals surface area contributed by atoms with Crippen molar-refractivity contribution >= 4 is 19.0 Å². The standard InChI is InChI=1S/C14H19N3OSi/c1-19(2,3)7-6-18-11-17-14-8-12(9-15)4-5-13(14)10-16-17/h4-5,8,10H,6-7,11H2,1-3H3. The number of rotatable bonds is 5. The molecule has 1 aromatic carbocycles. The van der Waals surface area contributed by atoms with Gasteiger partial charge in [-0.15, -0.1) is 0 Å². The smallest absolute Gasteiger partial charge is 0.139 e. The molecule has 1 aromatic heterocycles. The molecular weight excluding hydrogens is 254 g/mol. The van der Waals surface area contributed by atoms with Crippen molar-refractivity contribution in [1.29, 1.82) is 5.26 Å². The van der Waals surface area contributed by atoms with E-state index in [0.717, 1.165) is 23.6 Å². The Morgan fingerprint density at radius 2 is 2.16 bits per heavy atom. The van der Waals surface area contributed by atoms with Crippen LogP contribution in [0.5, 0.6) is 0 Å². The van der Waals surface area contributed by atoms with Gasteiger partial charge in [0.05, 0.1) is 23.3 Å². The molecular formula is C14H19N3OSi. The molecule has 0 spiro atoms. The van der Waals surface area contributed by atoms with Crippen LogP contribution in [0.15, 0.2) is 24.4 Å². The predicted molar refractivity (Wildman–Crippen MR) is 78.6 cm³/mol. The molecule has 0 unspecified atom stereocenters. The molecule has 19 heavy (non-hydrogen) atoms. The summed E-state index contributed by atoms with van der Waals surface area (Å²) in [4.78, 5) is 0. The van der Waals surface area contributed by atoms with Gasteiger partial charge in [0.1, 0.15) is 6.73 Å². The fourth-order valence-electron chi connectivity index (χ4n) is 1.77. The second kappa shape index (κ2) is 5.55. The highest BCUT2D eigenvalue weighted by molar-refractivity contribution is 6.76. The lowest BCUT2D eigenvalue weighted by atomic mass is 10.2. The van der Waals surface area contributed by atoms with E-state index >= 15 is 0 Å². The van der Waals surface area contributed by atoms with Gasteiger partial charge in [0, 0.05) is 20.1 Å². The van der Waals surface area contributed by atoms with Gasteiger partial charge in [-0.2, -0.15) is 10.4 Å². The first-order valence-corrected chi connectivity index (χ1v) is 10.1. The van der Waals surface area contributed by atoms with Crippen molar-refractivity contribution in [2.24, 2.45) is 0 Å². The molecule has 0 fully saturated rings. The number of hydrogen-bond donors (Lipinski definition) is 0. The molecule has 2 rings (SSSR count). The molecule has 1 heterocycles. The normalized spacial score (nSPS) is 11.7. The van der Waals surface area contributed by atoms with Gasteiger partial charge in [0.15, 0.2) is 0 Å². The van der Waals surface area contributed by atoms with Gasteiger partial charge < -0.3 is 4.74 Å². The van der Waals surface area contributed by atoms with Crippen LogP contribution >= 0.6 is 0 Å². The van der Waals surface area contributed by atoms with E-state index in [1.807, 2.05) is 12.1 Å². The lowest BCUT2D eigenvalue weighted by molar-refractivity contribution is 0.0817. The minimum absolute atomic E-state index is 0.447. The first-order valence-electron chi connectivity index (χ1n) is 6.43. The molecule has 0 aliphatic rings. The summed E-state index contributed by atoms with van der Waals surface area (Å²) in [6, 6.07) is 8.87. The number of ether oxygens (including phenoxy) is 1. The van der Waals surface area contributed by atoms with Crippen molar-refractivity contribution in [1.82, 2.24) is 9.78 Å². The van der Waals surface area contributed by atoms with Gasteiger partial charge in [-0.25, -0.2) is 4.68 Å². The van der Waals surface area contributed by atoms with Crippen LogP contribution in [-0.4, -0.2) is 24.5 Å². The van der Waals surface area contributed by atoms with Crippen LogP contribution in [-0.2, 0) is 11.5 Å². The zero-order valence-corrected chi connectivity index (χ0v) is 12.7. The van der Waals surface area contributed by atoms with E-state index in [-0.39, 0.29) is 0 Å². The number of nitrogens with zero attached hydrogens (tertiary/aromatic N) is 3. The van der Waals surface area contributed by atoms with Crippen LogP contribution in [0.4, 0.5) is 0 Å². The molecule has 0 atom stereocenters. The fraction of sp³-hybridized carbons (Fsp3) is 0.429. The van der Waals surface area contributed by atoms with E-state index in [1.165, 1.54) is 0 Å². The first kappa shape index (κ1) is 13.8. The maximum atomic E-state index is 8.92. The van der Waals surface area contributed by atoms with E-state index in [4.69, 9.17) is 10.00 Å². The minimum Gasteiger partial charge on any atom is -0.360 e. The molecule has 0 aliphatic carbocycles. The average Bonchev–Trinajstić information content (AvgIpc) is 2.76. The molecule has 0 aliphatic heterocycles. The molecule has 0 amide bonds. The third-order valence-electron chi connectivity index (χ3n) is 2.98. The molecule has 0 saturated heterocycles. The highest BCUT2D eigenvalue weighted by atomic mass is 28.3. The second-order valence-corrected chi connectivity index (χ2v) is 11.5. The van der Waals surface area contributed by atoms with Gasteiger partial charge in [0.2, 0.25) is 0 Å². The maximum Gasteiger partial charge on any atom is 0.139 e. The Morgan fingerprint density at radius 3 is 2.84 bits per heavy atom.